The van der Waals surface area contributed by atoms with E-state index < -0.39 is 0 Å². The second kappa shape index (κ2) is 6.49. The summed E-state index contributed by atoms with van der Waals surface area (Å²) in [5, 5.41) is 1.26. The number of halogens is 2. The molecule has 0 saturated heterocycles. The number of nitrogens with zero attached hydrogens (tertiary/aromatic N) is 1. The summed E-state index contributed by atoms with van der Waals surface area (Å²) in [5.74, 6) is 0. The van der Waals surface area contributed by atoms with Gasteiger partial charge in [0.1, 0.15) is 0 Å². The number of anilines is 1. The van der Waals surface area contributed by atoms with Crippen LogP contribution >= 0.6 is 23.2 Å². The third-order valence-electron chi connectivity index (χ3n) is 3.46. The quantitative estimate of drug-likeness (QED) is 0.905. The van der Waals surface area contributed by atoms with Gasteiger partial charge in [-0.15, -0.1) is 0 Å². The second-order valence-electron chi connectivity index (χ2n) is 4.85. The number of rotatable bonds is 4. The van der Waals surface area contributed by atoms with Gasteiger partial charge in [-0.05, 0) is 42.3 Å². The van der Waals surface area contributed by atoms with Crippen LogP contribution in [0.5, 0.6) is 0 Å². The van der Waals surface area contributed by atoms with Gasteiger partial charge in [0.2, 0.25) is 0 Å². The van der Waals surface area contributed by atoms with Crippen LogP contribution in [-0.2, 0) is 0 Å². The van der Waals surface area contributed by atoms with Gasteiger partial charge in [0, 0.05) is 29.3 Å². The lowest BCUT2D eigenvalue weighted by molar-refractivity contribution is 0.679. The van der Waals surface area contributed by atoms with Crippen LogP contribution in [0, 0.1) is 6.92 Å². The molecule has 1 unspecified atom stereocenters. The Hall–Kier alpha value is -1.22. The van der Waals surface area contributed by atoms with Crippen LogP contribution in [-0.4, -0.2) is 13.6 Å². The van der Waals surface area contributed by atoms with Crippen LogP contribution in [0.25, 0.3) is 0 Å². The Morgan fingerprint density at radius 1 is 1.10 bits per heavy atom. The molecule has 106 valence electrons. The minimum atomic E-state index is 0.0345. The number of hydrogen-bond donors (Lipinski definition) is 1. The maximum absolute atomic E-state index is 6.09. The smallest absolute Gasteiger partial charge is 0.0662 e. The molecule has 0 amide bonds. The van der Waals surface area contributed by atoms with E-state index in [0.717, 1.165) is 11.3 Å². The third-order valence-corrected chi connectivity index (χ3v) is 3.89. The van der Waals surface area contributed by atoms with E-state index in [1.807, 2.05) is 31.3 Å². The van der Waals surface area contributed by atoms with Gasteiger partial charge in [0.15, 0.2) is 0 Å². The largest absolute Gasteiger partial charge is 0.366 e. The van der Waals surface area contributed by atoms with Crippen LogP contribution in [0.4, 0.5) is 5.69 Å². The molecule has 0 aromatic heterocycles. The first-order valence-electron chi connectivity index (χ1n) is 6.47. The number of nitrogens with two attached hydrogens (primary N) is 1. The predicted molar refractivity (Wildman–Crippen MR) is 87.8 cm³/mol. The minimum absolute atomic E-state index is 0.0345. The molecule has 2 aromatic rings. The Balaban J connectivity index is 2.39. The van der Waals surface area contributed by atoms with Crippen molar-refractivity contribution in [3.63, 3.8) is 0 Å². The van der Waals surface area contributed by atoms with Crippen molar-refractivity contribution in [2.45, 2.75) is 13.0 Å². The Bertz CT molecular complexity index is 579. The van der Waals surface area contributed by atoms with E-state index in [0.29, 0.717) is 16.6 Å². The van der Waals surface area contributed by atoms with Crippen LogP contribution in [0.2, 0.25) is 10.0 Å². The average molecular weight is 309 g/mol. The van der Waals surface area contributed by atoms with Crippen molar-refractivity contribution in [3.05, 3.63) is 63.6 Å². The van der Waals surface area contributed by atoms with Crippen molar-refractivity contribution in [1.82, 2.24) is 0 Å². The molecule has 2 nitrogen and oxygen atoms in total. The van der Waals surface area contributed by atoms with Gasteiger partial charge in [-0.1, -0.05) is 41.4 Å². The summed E-state index contributed by atoms with van der Waals surface area (Å²) in [6.45, 7) is 2.58. The fraction of sp³-hybridized carbons (Fsp3) is 0.250. The van der Waals surface area contributed by atoms with Gasteiger partial charge < -0.3 is 10.6 Å². The first-order chi connectivity index (χ1) is 9.52. The molecule has 0 aliphatic heterocycles. The summed E-state index contributed by atoms with van der Waals surface area (Å²) in [5.41, 5.74) is 9.35. The van der Waals surface area contributed by atoms with Crippen molar-refractivity contribution in [3.8, 4) is 0 Å². The maximum atomic E-state index is 6.09. The first kappa shape index (κ1) is 15.2. The summed E-state index contributed by atoms with van der Waals surface area (Å²) >= 11 is 12.2. The zero-order chi connectivity index (χ0) is 14.7. The molecule has 0 saturated carbocycles. The number of benzene rings is 2. The summed E-state index contributed by atoms with van der Waals surface area (Å²) in [6, 6.07) is 13.8. The molecule has 0 heterocycles. The van der Waals surface area contributed by atoms with Gasteiger partial charge >= 0.3 is 0 Å². The summed E-state index contributed by atoms with van der Waals surface area (Å²) in [6.07, 6.45) is 0. The summed E-state index contributed by atoms with van der Waals surface area (Å²) < 4.78 is 0. The molecule has 0 aliphatic rings. The van der Waals surface area contributed by atoms with Gasteiger partial charge in [0.25, 0.3) is 0 Å². The lowest BCUT2D eigenvalue weighted by Gasteiger charge is -2.31. The molecule has 1 atom stereocenters. The number of hydrogen-bond acceptors (Lipinski definition) is 2. The molecule has 0 bridgehead atoms. The lowest BCUT2D eigenvalue weighted by atomic mass is 10.0. The highest BCUT2D eigenvalue weighted by Crippen LogP contribution is 2.30. The molecular formula is C16H18Cl2N2. The third kappa shape index (κ3) is 3.26. The zero-order valence-electron chi connectivity index (χ0n) is 11.6. The highest BCUT2D eigenvalue weighted by atomic mass is 35.5. The van der Waals surface area contributed by atoms with E-state index in [-0.39, 0.29) is 6.04 Å². The predicted octanol–water partition coefficient (Wildman–Crippen LogP) is 4.44. The van der Waals surface area contributed by atoms with Crippen molar-refractivity contribution in [1.29, 1.82) is 0 Å². The van der Waals surface area contributed by atoms with Gasteiger partial charge in [0.05, 0.1) is 6.04 Å². The maximum Gasteiger partial charge on any atom is 0.0662 e. The van der Waals surface area contributed by atoms with E-state index >= 15 is 0 Å². The molecule has 2 rings (SSSR count). The summed E-state index contributed by atoms with van der Waals surface area (Å²) in [4.78, 5) is 2.16. The van der Waals surface area contributed by atoms with Gasteiger partial charge in [-0.2, -0.15) is 0 Å². The normalized spacial score (nSPS) is 12.2. The Morgan fingerprint density at radius 2 is 1.70 bits per heavy atom. The van der Waals surface area contributed by atoms with E-state index in [4.69, 9.17) is 28.9 Å². The van der Waals surface area contributed by atoms with Crippen molar-refractivity contribution in [2.24, 2.45) is 5.73 Å². The fourth-order valence-electron chi connectivity index (χ4n) is 2.41. The number of para-hydroxylation sites is 1. The number of likely N-dealkylation sites (N-methyl/N-ethyl adjacent to an activating group) is 1. The Kier molecular flexibility index (Phi) is 4.92. The molecule has 20 heavy (non-hydrogen) atoms. The van der Waals surface area contributed by atoms with Crippen LogP contribution in [0.15, 0.2) is 42.5 Å². The molecule has 4 heteroatoms. The Labute approximate surface area is 130 Å². The first-order valence-corrected chi connectivity index (χ1v) is 7.23. The van der Waals surface area contributed by atoms with Crippen LogP contribution in [0.3, 0.4) is 0 Å². The second-order valence-corrected chi connectivity index (χ2v) is 5.72. The monoisotopic (exact) mass is 308 g/mol. The molecule has 0 spiro atoms. The van der Waals surface area contributed by atoms with Crippen molar-refractivity contribution in [2.75, 3.05) is 18.5 Å². The minimum Gasteiger partial charge on any atom is -0.366 e. The van der Waals surface area contributed by atoms with Gasteiger partial charge in [-0.3, -0.25) is 0 Å². The van der Waals surface area contributed by atoms with E-state index in [1.165, 1.54) is 5.56 Å². The highest BCUT2D eigenvalue weighted by Gasteiger charge is 2.18. The highest BCUT2D eigenvalue weighted by molar-refractivity contribution is 6.34. The van der Waals surface area contributed by atoms with E-state index in [1.54, 1.807) is 6.07 Å². The number of aryl methyl sites for hydroxylation is 1. The molecule has 0 fully saturated rings. The lowest BCUT2D eigenvalue weighted by Crippen LogP contribution is -2.30. The van der Waals surface area contributed by atoms with Gasteiger partial charge in [-0.25, -0.2) is 0 Å². The van der Waals surface area contributed by atoms with Crippen LogP contribution in [0.1, 0.15) is 17.2 Å². The molecule has 2 aromatic carbocycles. The molecular weight excluding hydrogens is 291 g/mol. The SMILES string of the molecule is Cc1ccccc1N(C)C(CN)c1cc(Cl)cc(Cl)c1. The van der Waals surface area contributed by atoms with Crippen molar-refractivity contribution >= 4 is 28.9 Å². The average Bonchev–Trinajstić information content (AvgIpc) is 2.38. The Morgan fingerprint density at radius 3 is 2.25 bits per heavy atom. The molecule has 0 aliphatic carbocycles. The van der Waals surface area contributed by atoms with Crippen LogP contribution < -0.4 is 10.6 Å². The summed E-state index contributed by atoms with van der Waals surface area (Å²) in [7, 11) is 2.04. The standard InChI is InChI=1S/C16H18Cl2N2/c1-11-5-3-4-6-15(11)20(2)16(10-19)12-7-13(17)9-14(18)8-12/h3-9,16H,10,19H2,1-2H3. The fourth-order valence-corrected chi connectivity index (χ4v) is 2.96. The topological polar surface area (TPSA) is 29.3 Å². The van der Waals surface area contributed by atoms with E-state index in [9.17, 15) is 0 Å². The zero-order valence-corrected chi connectivity index (χ0v) is 13.1. The van der Waals surface area contributed by atoms with Crippen molar-refractivity contribution < 1.29 is 0 Å². The molecule has 0 radical (unpaired) electrons. The molecule has 2 N–H and O–H groups in total. The van der Waals surface area contributed by atoms with E-state index in [2.05, 4.69) is 24.0 Å².